The lowest BCUT2D eigenvalue weighted by molar-refractivity contribution is -0.0355. The molecule has 0 aliphatic carbocycles. The molecule has 0 aromatic heterocycles. The summed E-state index contributed by atoms with van der Waals surface area (Å²) in [5.41, 5.74) is 0.449. The van der Waals surface area contributed by atoms with Gasteiger partial charge in [0.25, 0.3) is 0 Å². The van der Waals surface area contributed by atoms with Crippen molar-refractivity contribution < 1.29 is 9.84 Å². The Morgan fingerprint density at radius 2 is 1.75 bits per heavy atom. The van der Waals surface area contributed by atoms with Gasteiger partial charge in [-0.25, -0.2) is 0 Å². The second kappa shape index (κ2) is 6.59. The van der Waals surface area contributed by atoms with Gasteiger partial charge in [-0.3, -0.25) is 0 Å². The highest BCUT2D eigenvalue weighted by Gasteiger charge is 2.30. The van der Waals surface area contributed by atoms with E-state index in [1.165, 1.54) is 0 Å². The topological polar surface area (TPSA) is 29.5 Å². The van der Waals surface area contributed by atoms with Gasteiger partial charge in [-0.05, 0) is 17.2 Å². The Morgan fingerprint density at radius 1 is 1.05 bits per heavy atom. The maximum absolute atomic E-state index is 10.9. The first-order chi connectivity index (χ1) is 9.57. The monoisotopic (exact) mass is 310 g/mol. The van der Waals surface area contributed by atoms with Gasteiger partial charge in [-0.1, -0.05) is 65.7 Å². The summed E-state index contributed by atoms with van der Waals surface area (Å²) < 4.78 is 5.18. The van der Waals surface area contributed by atoms with Crippen molar-refractivity contribution in [1.82, 2.24) is 0 Å². The Balaban J connectivity index is 2.37. The zero-order valence-electron chi connectivity index (χ0n) is 11.1. The molecule has 1 unspecified atom stereocenters. The molecule has 0 amide bonds. The van der Waals surface area contributed by atoms with Crippen molar-refractivity contribution in [3.8, 4) is 0 Å². The fraction of sp³-hybridized carbons (Fsp3) is 0.250. The number of methoxy groups -OCH3 is 1. The van der Waals surface area contributed by atoms with Gasteiger partial charge in [-0.2, -0.15) is 0 Å². The number of halogens is 2. The minimum absolute atomic E-state index is 0.180. The highest BCUT2D eigenvalue weighted by Crippen LogP contribution is 2.32. The van der Waals surface area contributed by atoms with Gasteiger partial charge in [0.1, 0.15) is 5.60 Å². The second-order valence-electron chi connectivity index (χ2n) is 4.72. The molecule has 2 rings (SSSR count). The zero-order chi connectivity index (χ0) is 14.6. The van der Waals surface area contributed by atoms with Crippen molar-refractivity contribution in [3.63, 3.8) is 0 Å². The van der Waals surface area contributed by atoms with Gasteiger partial charge >= 0.3 is 0 Å². The highest BCUT2D eigenvalue weighted by atomic mass is 35.5. The van der Waals surface area contributed by atoms with E-state index < -0.39 is 5.60 Å². The molecule has 0 saturated carbocycles. The van der Waals surface area contributed by atoms with E-state index in [1.54, 1.807) is 13.2 Å². The van der Waals surface area contributed by atoms with Crippen molar-refractivity contribution in [2.45, 2.75) is 12.0 Å². The number of aliphatic hydroxyl groups is 1. The lowest BCUT2D eigenvalue weighted by Gasteiger charge is -2.28. The van der Waals surface area contributed by atoms with Crippen LogP contribution in [0.4, 0.5) is 0 Å². The molecule has 4 heteroatoms. The molecule has 0 spiro atoms. The first-order valence-electron chi connectivity index (χ1n) is 6.26. The second-order valence-corrected chi connectivity index (χ2v) is 5.51. The smallest absolute Gasteiger partial charge is 0.117 e. The molecule has 0 fully saturated rings. The first-order valence-corrected chi connectivity index (χ1v) is 7.02. The normalized spacial score (nSPS) is 14.0. The molecular weight excluding hydrogens is 295 g/mol. The molecule has 1 N–H and O–H groups in total. The quantitative estimate of drug-likeness (QED) is 0.902. The molecule has 2 aromatic carbocycles. The summed E-state index contributed by atoms with van der Waals surface area (Å²) in [6.07, 6.45) is 0.338. The first kappa shape index (κ1) is 15.3. The van der Waals surface area contributed by atoms with Crippen molar-refractivity contribution in [2.24, 2.45) is 0 Å². The maximum atomic E-state index is 10.9. The summed E-state index contributed by atoms with van der Waals surface area (Å²) in [6.45, 7) is 0.180. The third-order valence-corrected chi connectivity index (χ3v) is 4.07. The van der Waals surface area contributed by atoms with Crippen molar-refractivity contribution in [1.29, 1.82) is 0 Å². The molecule has 0 aliphatic heterocycles. The minimum atomic E-state index is -1.13. The molecule has 0 aliphatic rings. The van der Waals surface area contributed by atoms with Gasteiger partial charge in [0, 0.05) is 13.5 Å². The van der Waals surface area contributed by atoms with Crippen LogP contribution in [0.1, 0.15) is 11.1 Å². The van der Waals surface area contributed by atoms with E-state index in [-0.39, 0.29) is 6.61 Å². The number of ether oxygens (including phenoxy) is 1. The number of rotatable bonds is 5. The predicted octanol–water partition coefficient (Wildman–Crippen LogP) is 4.07. The Kier molecular flexibility index (Phi) is 5.06. The molecule has 0 radical (unpaired) electrons. The van der Waals surface area contributed by atoms with Gasteiger partial charge in [0.2, 0.25) is 0 Å². The molecule has 20 heavy (non-hydrogen) atoms. The van der Waals surface area contributed by atoms with Gasteiger partial charge in [-0.15, -0.1) is 0 Å². The largest absolute Gasteiger partial charge is 0.382 e. The SMILES string of the molecule is COCC(O)(Cc1cccc(Cl)c1Cl)c1ccccc1. The van der Waals surface area contributed by atoms with Crippen LogP contribution in [0.2, 0.25) is 10.0 Å². The van der Waals surface area contributed by atoms with Gasteiger partial charge < -0.3 is 9.84 Å². The third kappa shape index (κ3) is 3.33. The Hall–Kier alpha value is -1.06. The van der Waals surface area contributed by atoms with Crippen LogP contribution in [0.3, 0.4) is 0 Å². The summed E-state index contributed by atoms with van der Waals surface area (Å²) in [6, 6.07) is 14.8. The third-order valence-electron chi connectivity index (χ3n) is 3.21. The van der Waals surface area contributed by atoms with E-state index in [2.05, 4.69) is 0 Å². The summed E-state index contributed by atoms with van der Waals surface area (Å²) in [5.74, 6) is 0. The molecule has 2 aromatic rings. The van der Waals surface area contributed by atoms with Crippen LogP contribution in [0, 0.1) is 0 Å². The predicted molar refractivity (Wildman–Crippen MR) is 82.4 cm³/mol. The zero-order valence-corrected chi connectivity index (χ0v) is 12.7. The lowest BCUT2D eigenvalue weighted by atomic mass is 9.88. The van der Waals surface area contributed by atoms with E-state index in [1.807, 2.05) is 42.5 Å². The Labute approximate surface area is 128 Å². The maximum Gasteiger partial charge on any atom is 0.117 e. The molecular formula is C16H16Cl2O2. The van der Waals surface area contributed by atoms with E-state index in [0.29, 0.717) is 16.5 Å². The van der Waals surface area contributed by atoms with Crippen LogP contribution in [0.25, 0.3) is 0 Å². The Morgan fingerprint density at radius 3 is 2.40 bits per heavy atom. The van der Waals surface area contributed by atoms with Crippen molar-refractivity contribution in [2.75, 3.05) is 13.7 Å². The van der Waals surface area contributed by atoms with Crippen molar-refractivity contribution in [3.05, 3.63) is 69.7 Å². The summed E-state index contributed by atoms with van der Waals surface area (Å²) in [4.78, 5) is 0. The van der Waals surface area contributed by atoms with Crippen LogP contribution in [-0.2, 0) is 16.8 Å². The summed E-state index contributed by atoms with van der Waals surface area (Å²) in [7, 11) is 1.56. The van der Waals surface area contributed by atoms with E-state index >= 15 is 0 Å². The molecule has 2 nitrogen and oxygen atoms in total. The molecule has 106 valence electrons. The Bertz CT molecular complexity index is 572. The summed E-state index contributed by atoms with van der Waals surface area (Å²) in [5, 5.41) is 11.9. The van der Waals surface area contributed by atoms with Crippen LogP contribution < -0.4 is 0 Å². The van der Waals surface area contributed by atoms with Gasteiger partial charge in [0.15, 0.2) is 0 Å². The molecule has 0 heterocycles. The van der Waals surface area contributed by atoms with E-state index in [4.69, 9.17) is 27.9 Å². The molecule has 0 bridgehead atoms. The molecule has 0 saturated heterocycles. The van der Waals surface area contributed by atoms with Crippen LogP contribution in [0.5, 0.6) is 0 Å². The summed E-state index contributed by atoms with van der Waals surface area (Å²) >= 11 is 12.2. The average molecular weight is 311 g/mol. The lowest BCUT2D eigenvalue weighted by Crippen LogP contribution is -2.33. The van der Waals surface area contributed by atoms with E-state index in [0.717, 1.165) is 11.1 Å². The van der Waals surface area contributed by atoms with Gasteiger partial charge in [0.05, 0.1) is 16.7 Å². The minimum Gasteiger partial charge on any atom is -0.382 e. The fourth-order valence-electron chi connectivity index (χ4n) is 2.22. The number of hydrogen-bond acceptors (Lipinski definition) is 2. The van der Waals surface area contributed by atoms with E-state index in [9.17, 15) is 5.11 Å². The average Bonchev–Trinajstić information content (AvgIpc) is 2.45. The molecule has 1 atom stereocenters. The number of benzene rings is 2. The van der Waals surface area contributed by atoms with Crippen LogP contribution in [0.15, 0.2) is 48.5 Å². The fourth-order valence-corrected chi connectivity index (χ4v) is 2.61. The van der Waals surface area contributed by atoms with Crippen LogP contribution >= 0.6 is 23.2 Å². The highest BCUT2D eigenvalue weighted by molar-refractivity contribution is 6.42. The van der Waals surface area contributed by atoms with Crippen molar-refractivity contribution >= 4 is 23.2 Å². The van der Waals surface area contributed by atoms with Crippen LogP contribution in [-0.4, -0.2) is 18.8 Å². The standard InChI is InChI=1S/C16H16Cl2O2/c1-20-11-16(19,13-7-3-2-4-8-13)10-12-6-5-9-14(17)15(12)18/h2-9,19H,10-11H2,1H3. The number of hydrogen-bond donors (Lipinski definition) is 1.